The first-order chi connectivity index (χ1) is 11.5. The van der Waals surface area contributed by atoms with Gasteiger partial charge in [0, 0.05) is 18.8 Å². The molecule has 0 spiro atoms. The summed E-state index contributed by atoms with van der Waals surface area (Å²) in [6.45, 7) is 0.272. The number of carboxylic acids is 1. The Hall–Kier alpha value is -3.07. The zero-order valence-electron chi connectivity index (χ0n) is 12.4. The minimum atomic E-state index is -1.14. The van der Waals surface area contributed by atoms with Gasteiger partial charge in [-0.1, -0.05) is 0 Å². The molecule has 2 heterocycles. The Kier molecular flexibility index (Phi) is 4.09. The van der Waals surface area contributed by atoms with E-state index in [1.807, 2.05) is 0 Å². The lowest BCUT2D eigenvalue weighted by molar-refractivity contribution is -0.383. The Balaban J connectivity index is 2.00. The second kappa shape index (κ2) is 6.20. The summed E-state index contributed by atoms with van der Waals surface area (Å²) in [6.07, 6.45) is 0.363. The summed E-state index contributed by atoms with van der Waals surface area (Å²) in [5.41, 5.74) is 0.275. The molecule has 124 valence electrons. The number of hydrogen-bond acceptors (Lipinski definition) is 6. The van der Waals surface area contributed by atoms with E-state index in [9.17, 15) is 19.7 Å². The molecule has 3 rings (SSSR count). The molecule has 2 aromatic rings. The van der Waals surface area contributed by atoms with Crippen LogP contribution in [-0.4, -0.2) is 57.6 Å². The number of nitro benzene ring substituents is 1. The monoisotopic (exact) mass is 331 g/mol. The Bertz CT molecular complexity index is 837. The molecule has 1 aliphatic rings. The van der Waals surface area contributed by atoms with Crippen molar-refractivity contribution in [2.75, 3.05) is 19.7 Å². The van der Waals surface area contributed by atoms with Gasteiger partial charge in [-0.15, -0.1) is 0 Å². The molecule has 1 aromatic carbocycles. The molecule has 1 amide bonds. The fourth-order valence-electron chi connectivity index (χ4n) is 2.64. The summed E-state index contributed by atoms with van der Waals surface area (Å²) in [5.74, 6) is -1.57. The van der Waals surface area contributed by atoms with E-state index in [2.05, 4.69) is 4.98 Å². The number of ether oxygens (including phenoxy) is 1. The molecular weight excluding hydrogens is 318 g/mol. The van der Waals surface area contributed by atoms with Crippen LogP contribution >= 0.6 is 0 Å². The molecule has 0 bridgehead atoms. The van der Waals surface area contributed by atoms with Crippen LogP contribution in [0.15, 0.2) is 30.5 Å². The van der Waals surface area contributed by atoms with Gasteiger partial charge in [-0.05, 0) is 18.2 Å². The molecule has 0 saturated carbocycles. The first-order valence-corrected chi connectivity index (χ1v) is 7.15. The minimum Gasteiger partial charge on any atom is -0.479 e. The number of pyridine rings is 1. The van der Waals surface area contributed by atoms with Crippen molar-refractivity contribution in [2.45, 2.75) is 6.10 Å². The average Bonchev–Trinajstić information content (AvgIpc) is 2.60. The fraction of sp³-hybridized carbons (Fsp3) is 0.267. The highest BCUT2D eigenvalue weighted by Crippen LogP contribution is 2.27. The maximum atomic E-state index is 12.7. The lowest BCUT2D eigenvalue weighted by Gasteiger charge is -2.31. The lowest BCUT2D eigenvalue weighted by Crippen LogP contribution is -2.48. The summed E-state index contributed by atoms with van der Waals surface area (Å²) in [7, 11) is 0. The number of carbonyl (C=O) groups is 2. The van der Waals surface area contributed by atoms with Gasteiger partial charge in [-0.2, -0.15) is 0 Å². The van der Waals surface area contributed by atoms with Crippen molar-refractivity contribution in [1.82, 2.24) is 9.88 Å². The second-order valence-electron chi connectivity index (χ2n) is 5.24. The average molecular weight is 331 g/mol. The predicted octanol–water partition coefficient (Wildman–Crippen LogP) is 1.07. The largest absolute Gasteiger partial charge is 0.479 e. The molecule has 1 saturated heterocycles. The van der Waals surface area contributed by atoms with E-state index in [1.54, 1.807) is 6.07 Å². The standard InChI is InChI=1S/C15H13N3O6/c19-14(17-6-7-24-12(8-17)15(20)21)10-3-4-11(18(22)23)9-2-1-5-16-13(9)10/h1-5,12H,6-8H2,(H,20,21). The number of non-ortho nitro benzene ring substituents is 1. The van der Waals surface area contributed by atoms with Crippen molar-refractivity contribution in [2.24, 2.45) is 0 Å². The van der Waals surface area contributed by atoms with Crippen molar-refractivity contribution >= 4 is 28.5 Å². The number of amides is 1. The number of rotatable bonds is 3. The predicted molar refractivity (Wildman–Crippen MR) is 81.7 cm³/mol. The maximum Gasteiger partial charge on any atom is 0.334 e. The molecule has 1 fully saturated rings. The quantitative estimate of drug-likeness (QED) is 0.659. The number of benzene rings is 1. The van der Waals surface area contributed by atoms with E-state index in [4.69, 9.17) is 9.84 Å². The molecular formula is C15H13N3O6. The first kappa shape index (κ1) is 15.8. The zero-order chi connectivity index (χ0) is 17.3. The van der Waals surface area contributed by atoms with Gasteiger partial charge in [0.25, 0.3) is 11.6 Å². The van der Waals surface area contributed by atoms with Gasteiger partial charge in [-0.3, -0.25) is 19.9 Å². The second-order valence-corrected chi connectivity index (χ2v) is 5.24. The topological polar surface area (TPSA) is 123 Å². The third-order valence-electron chi connectivity index (χ3n) is 3.80. The summed E-state index contributed by atoms with van der Waals surface area (Å²) in [4.78, 5) is 39.8. The molecule has 1 unspecified atom stereocenters. The van der Waals surface area contributed by atoms with Crippen molar-refractivity contribution < 1.29 is 24.4 Å². The number of carboxylic acid groups (broad SMARTS) is 1. The van der Waals surface area contributed by atoms with Crippen LogP contribution in [-0.2, 0) is 9.53 Å². The molecule has 1 aromatic heterocycles. The Labute approximate surface area is 135 Å². The summed E-state index contributed by atoms with van der Waals surface area (Å²) >= 11 is 0. The number of hydrogen-bond donors (Lipinski definition) is 1. The third kappa shape index (κ3) is 2.76. The van der Waals surface area contributed by atoms with Gasteiger partial charge in [-0.25, -0.2) is 4.79 Å². The molecule has 9 nitrogen and oxygen atoms in total. The molecule has 1 aliphatic heterocycles. The smallest absolute Gasteiger partial charge is 0.334 e. The third-order valence-corrected chi connectivity index (χ3v) is 3.80. The Morgan fingerprint density at radius 1 is 1.38 bits per heavy atom. The van der Waals surface area contributed by atoms with Gasteiger partial charge in [0.1, 0.15) is 0 Å². The van der Waals surface area contributed by atoms with Crippen LogP contribution in [0.5, 0.6) is 0 Å². The summed E-state index contributed by atoms with van der Waals surface area (Å²) < 4.78 is 5.10. The van der Waals surface area contributed by atoms with Crippen LogP contribution in [0.2, 0.25) is 0 Å². The van der Waals surface area contributed by atoms with E-state index < -0.39 is 22.9 Å². The van der Waals surface area contributed by atoms with E-state index in [-0.39, 0.29) is 41.9 Å². The number of nitrogens with zero attached hydrogens (tertiary/aromatic N) is 3. The number of carbonyl (C=O) groups excluding carboxylic acids is 1. The number of morpholine rings is 1. The summed E-state index contributed by atoms with van der Waals surface area (Å²) in [6, 6.07) is 5.68. The maximum absolute atomic E-state index is 12.7. The van der Waals surface area contributed by atoms with Crippen molar-refractivity contribution in [3.8, 4) is 0 Å². The van der Waals surface area contributed by atoms with Crippen LogP contribution in [0.25, 0.3) is 10.9 Å². The van der Waals surface area contributed by atoms with Crippen molar-refractivity contribution in [1.29, 1.82) is 0 Å². The highest BCUT2D eigenvalue weighted by molar-refractivity contribution is 6.07. The van der Waals surface area contributed by atoms with Gasteiger partial charge in [0.15, 0.2) is 6.10 Å². The van der Waals surface area contributed by atoms with E-state index >= 15 is 0 Å². The van der Waals surface area contributed by atoms with E-state index in [0.29, 0.717) is 0 Å². The highest BCUT2D eigenvalue weighted by Gasteiger charge is 2.31. The lowest BCUT2D eigenvalue weighted by atomic mass is 10.1. The van der Waals surface area contributed by atoms with E-state index in [0.717, 1.165) is 0 Å². The number of fused-ring (bicyclic) bond motifs is 1. The molecule has 1 atom stereocenters. The first-order valence-electron chi connectivity index (χ1n) is 7.15. The Morgan fingerprint density at radius 3 is 2.88 bits per heavy atom. The van der Waals surface area contributed by atoms with E-state index in [1.165, 1.54) is 29.3 Å². The van der Waals surface area contributed by atoms with Gasteiger partial charge in [0.05, 0.1) is 34.5 Å². The normalized spacial score (nSPS) is 17.7. The molecule has 1 N–H and O–H groups in total. The van der Waals surface area contributed by atoms with Gasteiger partial charge < -0.3 is 14.7 Å². The molecule has 24 heavy (non-hydrogen) atoms. The minimum absolute atomic E-state index is 0.0838. The van der Waals surface area contributed by atoms with Crippen LogP contribution in [0.3, 0.4) is 0 Å². The van der Waals surface area contributed by atoms with Crippen LogP contribution in [0.4, 0.5) is 5.69 Å². The van der Waals surface area contributed by atoms with Gasteiger partial charge >= 0.3 is 5.97 Å². The summed E-state index contributed by atoms with van der Waals surface area (Å²) in [5, 5.41) is 20.4. The number of aliphatic carboxylic acids is 1. The van der Waals surface area contributed by atoms with Crippen LogP contribution < -0.4 is 0 Å². The zero-order valence-corrected chi connectivity index (χ0v) is 12.4. The van der Waals surface area contributed by atoms with Crippen molar-refractivity contribution in [3.05, 3.63) is 46.1 Å². The SMILES string of the molecule is O=C(O)C1CN(C(=O)c2ccc([N+](=O)[O-])c3cccnc23)CCO1. The fourth-order valence-corrected chi connectivity index (χ4v) is 2.64. The van der Waals surface area contributed by atoms with Crippen molar-refractivity contribution in [3.63, 3.8) is 0 Å². The number of aromatic nitrogens is 1. The molecule has 9 heteroatoms. The van der Waals surface area contributed by atoms with Gasteiger partial charge in [0.2, 0.25) is 0 Å². The molecule has 0 radical (unpaired) electrons. The number of nitro groups is 1. The van der Waals surface area contributed by atoms with Crippen LogP contribution in [0, 0.1) is 10.1 Å². The highest BCUT2D eigenvalue weighted by atomic mass is 16.6. The Morgan fingerprint density at radius 2 is 2.17 bits per heavy atom. The molecule has 0 aliphatic carbocycles. The van der Waals surface area contributed by atoms with Crippen LogP contribution in [0.1, 0.15) is 10.4 Å².